The number of rotatable bonds is 4. The van der Waals surface area contributed by atoms with Gasteiger partial charge in [-0.1, -0.05) is 58.1 Å². The number of benzene rings is 1. The second kappa shape index (κ2) is 5.86. The Morgan fingerprint density at radius 1 is 1.22 bits per heavy atom. The van der Waals surface area contributed by atoms with E-state index in [1.54, 1.807) is 12.1 Å². The Morgan fingerprint density at radius 2 is 1.94 bits per heavy atom. The predicted molar refractivity (Wildman–Crippen MR) is 75.2 cm³/mol. The van der Waals surface area contributed by atoms with Gasteiger partial charge in [0.2, 0.25) is 0 Å². The Bertz CT molecular complexity index is 377. The highest BCUT2D eigenvalue weighted by molar-refractivity contribution is 5.27. The van der Waals surface area contributed by atoms with Crippen molar-refractivity contribution in [2.75, 3.05) is 0 Å². The van der Waals surface area contributed by atoms with Crippen LogP contribution < -0.4 is 0 Å². The molecule has 0 bridgehead atoms. The van der Waals surface area contributed by atoms with Crippen molar-refractivity contribution in [2.45, 2.75) is 64.2 Å². The number of halogens is 1. The summed E-state index contributed by atoms with van der Waals surface area (Å²) in [5.74, 6) is 0.575. The van der Waals surface area contributed by atoms with Gasteiger partial charge in [-0.3, -0.25) is 0 Å². The van der Waals surface area contributed by atoms with Crippen molar-refractivity contribution in [1.82, 2.24) is 0 Å². The van der Waals surface area contributed by atoms with Crippen LogP contribution in [0.5, 0.6) is 0 Å². The lowest BCUT2D eigenvalue weighted by molar-refractivity contribution is 0.192. The summed E-state index contributed by atoms with van der Waals surface area (Å²) in [4.78, 5) is 0. The zero-order chi connectivity index (χ0) is 13.0. The highest BCUT2D eigenvalue weighted by atomic mass is 19.1. The molecule has 0 spiro atoms. The third-order valence-electron chi connectivity index (χ3n) is 4.81. The summed E-state index contributed by atoms with van der Waals surface area (Å²) in [6, 6.07) is 7.35. The molecule has 0 heterocycles. The first-order valence-corrected chi connectivity index (χ1v) is 7.45. The molecule has 1 saturated carbocycles. The normalized spacial score (nSPS) is 20.6. The van der Waals surface area contributed by atoms with Crippen molar-refractivity contribution in [2.24, 2.45) is 5.92 Å². The van der Waals surface area contributed by atoms with Gasteiger partial charge in [-0.25, -0.2) is 4.39 Å². The van der Waals surface area contributed by atoms with Gasteiger partial charge in [0.25, 0.3) is 0 Å². The van der Waals surface area contributed by atoms with Crippen LogP contribution in [0.25, 0.3) is 0 Å². The molecule has 1 aromatic carbocycles. The van der Waals surface area contributed by atoms with Gasteiger partial charge in [0, 0.05) is 0 Å². The van der Waals surface area contributed by atoms with Crippen LogP contribution in [0.2, 0.25) is 0 Å². The van der Waals surface area contributed by atoms with Crippen molar-refractivity contribution in [1.29, 1.82) is 0 Å². The van der Waals surface area contributed by atoms with Gasteiger partial charge >= 0.3 is 0 Å². The van der Waals surface area contributed by atoms with E-state index in [0.29, 0.717) is 5.92 Å². The molecule has 1 aromatic rings. The van der Waals surface area contributed by atoms with E-state index in [1.165, 1.54) is 50.5 Å². The van der Waals surface area contributed by atoms with Crippen LogP contribution in [0.4, 0.5) is 4.39 Å². The molecule has 0 amide bonds. The van der Waals surface area contributed by atoms with Crippen LogP contribution in [0.1, 0.15) is 64.4 Å². The van der Waals surface area contributed by atoms with Crippen LogP contribution >= 0.6 is 0 Å². The Labute approximate surface area is 111 Å². The average molecular weight is 248 g/mol. The van der Waals surface area contributed by atoms with E-state index < -0.39 is 0 Å². The van der Waals surface area contributed by atoms with E-state index in [1.807, 2.05) is 6.07 Å². The smallest absolute Gasteiger partial charge is 0.123 e. The Balaban J connectivity index is 2.34. The maximum Gasteiger partial charge on any atom is 0.123 e. The fourth-order valence-corrected chi connectivity index (χ4v) is 3.76. The van der Waals surface area contributed by atoms with Gasteiger partial charge in [-0.05, 0) is 41.9 Å². The summed E-state index contributed by atoms with van der Waals surface area (Å²) in [5.41, 5.74) is 1.47. The lowest BCUT2D eigenvalue weighted by Crippen LogP contribution is -2.36. The Hall–Kier alpha value is -0.850. The molecular weight excluding hydrogens is 223 g/mol. The van der Waals surface area contributed by atoms with Crippen molar-refractivity contribution in [3.05, 3.63) is 35.6 Å². The first-order valence-electron chi connectivity index (χ1n) is 7.45. The van der Waals surface area contributed by atoms with E-state index in [4.69, 9.17) is 0 Å². The van der Waals surface area contributed by atoms with E-state index in [9.17, 15) is 4.39 Å². The average Bonchev–Trinajstić information content (AvgIpc) is 2.40. The molecule has 2 rings (SSSR count). The highest BCUT2D eigenvalue weighted by Crippen LogP contribution is 2.46. The lowest BCUT2D eigenvalue weighted by Gasteiger charge is -2.43. The molecular formula is C17H25F. The Morgan fingerprint density at radius 3 is 2.56 bits per heavy atom. The molecule has 0 saturated heterocycles. The molecule has 1 fully saturated rings. The minimum Gasteiger partial charge on any atom is -0.207 e. The minimum atomic E-state index is -0.0823. The molecule has 1 heteroatoms. The lowest BCUT2D eigenvalue weighted by atomic mass is 9.61. The van der Waals surface area contributed by atoms with Crippen molar-refractivity contribution >= 4 is 0 Å². The fourth-order valence-electron chi connectivity index (χ4n) is 3.76. The molecule has 0 nitrogen and oxygen atoms in total. The van der Waals surface area contributed by atoms with E-state index in [-0.39, 0.29) is 11.2 Å². The molecule has 0 aliphatic heterocycles. The largest absolute Gasteiger partial charge is 0.207 e. The van der Waals surface area contributed by atoms with Gasteiger partial charge in [0.05, 0.1) is 0 Å². The first kappa shape index (κ1) is 13.6. The second-order valence-corrected chi connectivity index (χ2v) is 5.92. The van der Waals surface area contributed by atoms with Crippen LogP contribution in [0.15, 0.2) is 24.3 Å². The molecule has 1 aliphatic rings. The third-order valence-corrected chi connectivity index (χ3v) is 4.81. The molecule has 0 aromatic heterocycles. The Kier molecular flexibility index (Phi) is 4.42. The van der Waals surface area contributed by atoms with E-state index >= 15 is 0 Å². The quantitative estimate of drug-likeness (QED) is 0.663. The molecule has 1 aliphatic carbocycles. The number of hydrogen-bond acceptors (Lipinski definition) is 0. The minimum absolute atomic E-state index is 0.0823. The highest BCUT2D eigenvalue weighted by Gasteiger charge is 2.38. The molecule has 0 N–H and O–H groups in total. The summed E-state index contributed by atoms with van der Waals surface area (Å²) in [6.07, 6.45) is 8.87. The summed E-state index contributed by atoms with van der Waals surface area (Å²) in [7, 11) is 0. The van der Waals surface area contributed by atoms with Crippen LogP contribution in [0.3, 0.4) is 0 Å². The van der Waals surface area contributed by atoms with Crippen molar-refractivity contribution in [3.8, 4) is 0 Å². The zero-order valence-corrected chi connectivity index (χ0v) is 11.7. The fraction of sp³-hybridized carbons (Fsp3) is 0.647. The summed E-state index contributed by atoms with van der Waals surface area (Å²) >= 11 is 0. The van der Waals surface area contributed by atoms with Gasteiger partial charge in [-0.2, -0.15) is 0 Å². The zero-order valence-electron chi connectivity index (χ0n) is 11.7. The van der Waals surface area contributed by atoms with Crippen LogP contribution in [-0.2, 0) is 5.41 Å². The molecule has 1 unspecified atom stereocenters. The SMILES string of the molecule is CCCC(C)C1(c2cccc(F)c2)CCCCC1. The number of hydrogen-bond donors (Lipinski definition) is 0. The monoisotopic (exact) mass is 248 g/mol. The van der Waals surface area contributed by atoms with Crippen LogP contribution in [0, 0.1) is 11.7 Å². The summed E-state index contributed by atoms with van der Waals surface area (Å²) < 4.78 is 13.5. The summed E-state index contributed by atoms with van der Waals surface area (Å²) in [6.45, 7) is 4.61. The molecule has 0 radical (unpaired) electrons. The van der Waals surface area contributed by atoms with Crippen molar-refractivity contribution in [3.63, 3.8) is 0 Å². The van der Waals surface area contributed by atoms with Gasteiger partial charge < -0.3 is 0 Å². The molecule has 18 heavy (non-hydrogen) atoms. The van der Waals surface area contributed by atoms with Gasteiger partial charge in [0.1, 0.15) is 5.82 Å². The maximum absolute atomic E-state index is 13.5. The third kappa shape index (κ3) is 2.60. The van der Waals surface area contributed by atoms with Crippen molar-refractivity contribution < 1.29 is 4.39 Å². The second-order valence-electron chi connectivity index (χ2n) is 5.92. The summed E-state index contributed by atoms with van der Waals surface area (Å²) in [5, 5.41) is 0. The topological polar surface area (TPSA) is 0 Å². The molecule has 1 atom stereocenters. The maximum atomic E-state index is 13.5. The molecule has 100 valence electrons. The first-order chi connectivity index (χ1) is 8.69. The van der Waals surface area contributed by atoms with Gasteiger partial charge in [-0.15, -0.1) is 0 Å². The standard InChI is InChI=1S/C17H25F/c1-3-8-14(2)17(11-5-4-6-12-17)15-9-7-10-16(18)13-15/h7,9-10,13-14H,3-6,8,11-12H2,1-2H3. The van der Waals surface area contributed by atoms with E-state index in [0.717, 1.165) is 0 Å². The van der Waals surface area contributed by atoms with Gasteiger partial charge in [0.15, 0.2) is 0 Å². The van der Waals surface area contributed by atoms with Crippen LogP contribution in [-0.4, -0.2) is 0 Å². The predicted octanol–water partition coefficient (Wildman–Crippen LogP) is 5.46. The van der Waals surface area contributed by atoms with E-state index in [2.05, 4.69) is 19.9 Å².